The van der Waals surface area contributed by atoms with Crippen molar-refractivity contribution in [1.29, 1.82) is 0 Å². The average molecular weight is 298 g/mol. The van der Waals surface area contributed by atoms with Gasteiger partial charge in [0.15, 0.2) is 6.61 Å². The van der Waals surface area contributed by atoms with Gasteiger partial charge in [-0.2, -0.15) is 5.10 Å². The van der Waals surface area contributed by atoms with Crippen LogP contribution in [0.5, 0.6) is 0 Å². The van der Waals surface area contributed by atoms with Crippen LogP contribution in [-0.4, -0.2) is 25.9 Å². The summed E-state index contributed by atoms with van der Waals surface area (Å²) in [7, 11) is 0. The normalized spacial score (nSPS) is 10.6. The van der Waals surface area contributed by atoms with Crippen molar-refractivity contribution in [2.45, 2.75) is 20.0 Å². The van der Waals surface area contributed by atoms with Crippen molar-refractivity contribution < 1.29 is 13.9 Å². The number of rotatable bonds is 5. The molecule has 2 heterocycles. The van der Waals surface area contributed by atoms with Crippen LogP contribution in [0.3, 0.4) is 0 Å². The van der Waals surface area contributed by atoms with Gasteiger partial charge in [0.2, 0.25) is 5.89 Å². The molecule has 1 aromatic carbocycles. The first kappa shape index (κ1) is 14.0. The van der Waals surface area contributed by atoms with Gasteiger partial charge in [0, 0.05) is 18.8 Å². The number of ether oxygens (including phenoxy) is 1. The summed E-state index contributed by atoms with van der Waals surface area (Å²) >= 11 is 0. The summed E-state index contributed by atoms with van der Waals surface area (Å²) in [5, 5.41) is 11.7. The Balaban J connectivity index is 1.62. The standard InChI is InChI=1S/C15H14N4O3/c1-2-13-17-18-14(22-13)10-21-15(20)11-4-6-12(7-5-11)19-9-3-8-16-19/h3-9H,2,10H2,1H3. The third-order valence-corrected chi connectivity index (χ3v) is 3.01. The summed E-state index contributed by atoms with van der Waals surface area (Å²) in [6.45, 7) is 1.87. The molecule has 112 valence electrons. The van der Waals surface area contributed by atoms with Crippen molar-refractivity contribution in [2.24, 2.45) is 0 Å². The lowest BCUT2D eigenvalue weighted by molar-refractivity contribution is 0.0436. The Labute approximate surface area is 126 Å². The van der Waals surface area contributed by atoms with E-state index in [2.05, 4.69) is 15.3 Å². The molecule has 0 aliphatic carbocycles. The SMILES string of the molecule is CCc1nnc(COC(=O)c2ccc(-n3cccn3)cc2)o1. The molecular formula is C15H14N4O3. The number of benzene rings is 1. The van der Waals surface area contributed by atoms with Crippen molar-refractivity contribution in [3.8, 4) is 5.69 Å². The highest BCUT2D eigenvalue weighted by atomic mass is 16.5. The minimum atomic E-state index is -0.441. The van der Waals surface area contributed by atoms with Gasteiger partial charge in [0.25, 0.3) is 5.89 Å². The highest BCUT2D eigenvalue weighted by molar-refractivity contribution is 5.89. The lowest BCUT2D eigenvalue weighted by atomic mass is 10.2. The molecule has 22 heavy (non-hydrogen) atoms. The second-order valence-corrected chi connectivity index (χ2v) is 4.52. The van der Waals surface area contributed by atoms with E-state index in [1.54, 1.807) is 35.1 Å². The van der Waals surface area contributed by atoms with Crippen LogP contribution < -0.4 is 0 Å². The fraction of sp³-hybridized carbons (Fsp3) is 0.200. The number of nitrogens with zero attached hydrogens (tertiary/aromatic N) is 4. The summed E-state index contributed by atoms with van der Waals surface area (Å²) in [6, 6.07) is 8.79. The Morgan fingerprint density at radius 3 is 2.64 bits per heavy atom. The molecule has 0 N–H and O–H groups in total. The largest absolute Gasteiger partial charge is 0.452 e. The number of hydrogen-bond donors (Lipinski definition) is 0. The summed E-state index contributed by atoms with van der Waals surface area (Å²) in [6.07, 6.45) is 4.17. The molecular weight excluding hydrogens is 284 g/mol. The van der Waals surface area contributed by atoms with Crippen LogP contribution in [0.4, 0.5) is 0 Å². The molecule has 0 atom stereocenters. The molecule has 0 amide bonds. The van der Waals surface area contributed by atoms with E-state index in [0.717, 1.165) is 5.69 Å². The van der Waals surface area contributed by atoms with Gasteiger partial charge in [-0.15, -0.1) is 10.2 Å². The molecule has 0 aliphatic heterocycles. The second-order valence-electron chi connectivity index (χ2n) is 4.52. The minimum absolute atomic E-state index is 0.0350. The zero-order chi connectivity index (χ0) is 15.4. The van der Waals surface area contributed by atoms with E-state index in [1.807, 2.05) is 19.2 Å². The van der Waals surface area contributed by atoms with Crippen molar-refractivity contribution >= 4 is 5.97 Å². The fourth-order valence-electron chi connectivity index (χ4n) is 1.87. The Morgan fingerprint density at radius 2 is 2.00 bits per heavy atom. The van der Waals surface area contributed by atoms with Gasteiger partial charge >= 0.3 is 5.97 Å². The zero-order valence-corrected chi connectivity index (χ0v) is 12.0. The first-order valence-corrected chi connectivity index (χ1v) is 6.84. The van der Waals surface area contributed by atoms with Gasteiger partial charge in [-0.05, 0) is 30.3 Å². The number of esters is 1. The van der Waals surface area contributed by atoms with Crippen molar-refractivity contribution in [1.82, 2.24) is 20.0 Å². The number of carbonyl (C=O) groups excluding carboxylic acids is 1. The highest BCUT2D eigenvalue weighted by Gasteiger charge is 2.11. The maximum atomic E-state index is 12.0. The summed E-state index contributed by atoms with van der Waals surface area (Å²) in [5.74, 6) is 0.372. The van der Waals surface area contributed by atoms with Crippen LogP contribution in [0.2, 0.25) is 0 Å². The molecule has 0 radical (unpaired) electrons. The van der Waals surface area contributed by atoms with Gasteiger partial charge in [-0.3, -0.25) is 0 Å². The molecule has 3 rings (SSSR count). The van der Waals surface area contributed by atoms with Crippen LogP contribution in [-0.2, 0) is 17.8 Å². The lowest BCUT2D eigenvalue weighted by Crippen LogP contribution is -2.06. The van der Waals surface area contributed by atoms with E-state index in [0.29, 0.717) is 23.8 Å². The maximum Gasteiger partial charge on any atom is 0.338 e. The Morgan fingerprint density at radius 1 is 1.23 bits per heavy atom. The smallest absolute Gasteiger partial charge is 0.338 e. The highest BCUT2D eigenvalue weighted by Crippen LogP contribution is 2.11. The van der Waals surface area contributed by atoms with Crippen molar-refractivity contribution in [3.05, 3.63) is 60.1 Å². The van der Waals surface area contributed by atoms with Crippen LogP contribution >= 0.6 is 0 Å². The first-order valence-electron chi connectivity index (χ1n) is 6.84. The summed E-state index contributed by atoms with van der Waals surface area (Å²) in [5.41, 5.74) is 1.32. The molecule has 0 aliphatic rings. The molecule has 2 aromatic heterocycles. The average Bonchev–Trinajstić information content (AvgIpc) is 3.24. The van der Waals surface area contributed by atoms with Gasteiger partial charge in [0.1, 0.15) is 0 Å². The molecule has 0 saturated carbocycles. The van der Waals surface area contributed by atoms with Crippen LogP contribution in [0.25, 0.3) is 5.69 Å². The predicted octanol–water partition coefficient (Wildman–Crippen LogP) is 2.17. The van der Waals surface area contributed by atoms with Crippen molar-refractivity contribution in [3.63, 3.8) is 0 Å². The molecule has 0 fully saturated rings. The van der Waals surface area contributed by atoms with E-state index in [9.17, 15) is 4.79 Å². The second kappa shape index (κ2) is 6.21. The molecule has 0 bridgehead atoms. The van der Waals surface area contributed by atoms with E-state index in [1.165, 1.54) is 0 Å². The monoisotopic (exact) mass is 298 g/mol. The number of aromatic nitrogens is 4. The lowest BCUT2D eigenvalue weighted by Gasteiger charge is -2.04. The first-order chi connectivity index (χ1) is 10.8. The molecule has 0 saturated heterocycles. The van der Waals surface area contributed by atoms with Gasteiger partial charge in [0.05, 0.1) is 11.3 Å². The Hall–Kier alpha value is -2.96. The Kier molecular flexibility index (Phi) is 3.95. The molecule has 0 spiro atoms. The van der Waals surface area contributed by atoms with E-state index < -0.39 is 5.97 Å². The predicted molar refractivity (Wildman–Crippen MR) is 76.4 cm³/mol. The number of hydrogen-bond acceptors (Lipinski definition) is 6. The van der Waals surface area contributed by atoms with E-state index in [4.69, 9.17) is 9.15 Å². The molecule has 7 heteroatoms. The van der Waals surface area contributed by atoms with Crippen LogP contribution in [0.15, 0.2) is 47.1 Å². The third-order valence-electron chi connectivity index (χ3n) is 3.01. The summed E-state index contributed by atoms with van der Waals surface area (Å²) in [4.78, 5) is 12.0. The van der Waals surface area contributed by atoms with Gasteiger partial charge in [-0.1, -0.05) is 6.92 Å². The third kappa shape index (κ3) is 3.03. The van der Waals surface area contributed by atoms with E-state index >= 15 is 0 Å². The fourth-order valence-corrected chi connectivity index (χ4v) is 1.87. The maximum absolute atomic E-state index is 12.0. The van der Waals surface area contributed by atoms with Crippen molar-refractivity contribution in [2.75, 3.05) is 0 Å². The number of carbonyl (C=O) groups is 1. The summed E-state index contributed by atoms with van der Waals surface area (Å²) < 4.78 is 12.1. The van der Waals surface area contributed by atoms with Crippen LogP contribution in [0.1, 0.15) is 29.1 Å². The molecule has 7 nitrogen and oxygen atoms in total. The van der Waals surface area contributed by atoms with Gasteiger partial charge < -0.3 is 9.15 Å². The van der Waals surface area contributed by atoms with Gasteiger partial charge in [-0.25, -0.2) is 9.48 Å². The molecule has 3 aromatic rings. The van der Waals surface area contributed by atoms with E-state index in [-0.39, 0.29) is 6.61 Å². The molecule has 0 unspecified atom stereocenters. The van der Waals surface area contributed by atoms with Crippen LogP contribution in [0, 0.1) is 0 Å². The topological polar surface area (TPSA) is 83.0 Å². The number of aryl methyl sites for hydroxylation is 1. The quantitative estimate of drug-likeness (QED) is 0.671. The Bertz CT molecular complexity index is 747. The zero-order valence-electron chi connectivity index (χ0n) is 12.0. The minimum Gasteiger partial charge on any atom is -0.452 e.